The third kappa shape index (κ3) is 4.99. The summed E-state index contributed by atoms with van der Waals surface area (Å²) in [4.78, 5) is 11.3. The van der Waals surface area contributed by atoms with Crippen molar-refractivity contribution < 1.29 is 9.53 Å². The number of nitrogens with two attached hydrogens (primary N) is 1. The summed E-state index contributed by atoms with van der Waals surface area (Å²) < 4.78 is 5.05. The molecular weight excluding hydrogens is 293 g/mol. The number of carbonyl (C=O) groups is 1. The third-order valence-electron chi connectivity index (χ3n) is 2.00. The molecule has 0 amide bonds. The van der Waals surface area contributed by atoms with Gasteiger partial charge in [-0.3, -0.25) is 0 Å². The molecule has 3 nitrogen and oxygen atoms in total. The first-order valence-electron chi connectivity index (χ1n) is 4.72. The van der Waals surface area contributed by atoms with E-state index < -0.39 is 6.04 Å². The molecule has 90 valence electrons. The number of ether oxygens (including phenoxy) is 1. The zero-order chi connectivity index (χ0) is 11.3. The Hall–Kier alpha value is -0.541. The molecule has 5 heteroatoms. The summed E-state index contributed by atoms with van der Waals surface area (Å²) in [5.41, 5.74) is 7.68. The maximum atomic E-state index is 11.3. The van der Waals surface area contributed by atoms with Crippen molar-refractivity contribution in [3.63, 3.8) is 0 Å². The molecule has 1 rings (SSSR count). The van der Waals surface area contributed by atoms with Crippen molar-refractivity contribution in [1.82, 2.24) is 0 Å². The zero-order valence-corrected chi connectivity index (χ0v) is 11.7. The Labute approximate surface area is 110 Å². The fraction of sp³-hybridized carbons (Fsp3) is 0.364. The maximum Gasteiger partial charge on any atom is -0.147 e. The van der Waals surface area contributed by atoms with Gasteiger partial charge in [0.2, 0.25) is 0 Å². The van der Waals surface area contributed by atoms with Crippen LogP contribution in [0.3, 0.4) is 0 Å². The standard InChI is InChI=1S/C11H15NO2Se.ClH/c1-8-2-4-9(5-3-8)6-14-11(13)10(12)7-15;/h2-5,10,15H,6-7,12H2,1H3;1H/t10-;/m0./s1. The van der Waals surface area contributed by atoms with Gasteiger partial charge in [-0.05, 0) is 0 Å². The van der Waals surface area contributed by atoms with E-state index in [9.17, 15) is 4.79 Å². The van der Waals surface area contributed by atoms with Gasteiger partial charge in [-0.15, -0.1) is 12.4 Å². The van der Waals surface area contributed by atoms with Crippen LogP contribution in [0.5, 0.6) is 0 Å². The fourth-order valence-corrected chi connectivity index (χ4v) is 1.33. The van der Waals surface area contributed by atoms with Crippen molar-refractivity contribution in [1.29, 1.82) is 0 Å². The van der Waals surface area contributed by atoms with Crippen LogP contribution in [0.1, 0.15) is 11.1 Å². The van der Waals surface area contributed by atoms with Crippen LogP contribution < -0.4 is 5.73 Å². The molecule has 0 aliphatic rings. The second-order valence-electron chi connectivity index (χ2n) is 3.38. The molecule has 0 radical (unpaired) electrons. The minimum Gasteiger partial charge on any atom is -0.147 e. The Morgan fingerprint density at radius 2 is 2.00 bits per heavy atom. The number of hydrogen-bond acceptors (Lipinski definition) is 3. The topological polar surface area (TPSA) is 52.3 Å². The number of rotatable bonds is 4. The van der Waals surface area contributed by atoms with E-state index in [0.717, 1.165) is 5.56 Å². The third-order valence-corrected chi connectivity index (χ3v) is 2.83. The van der Waals surface area contributed by atoms with Crippen molar-refractivity contribution in [2.75, 3.05) is 0 Å². The summed E-state index contributed by atoms with van der Waals surface area (Å²) in [5, 5.41) is 0.541. The molecule has 1 aromatic carbocycles. The van der Waals surface area contributed by atoms with Gasteiger partial charge in [0.15, 0.2) is 0 Å². The molecule has 0 aliphatic heterocycles. The van der Waals surface area contributed by atoms with Gasteiger partial charge in [-0.25, -0.2) is 0 Å². The Bertz CT molecular complexity index is 329. The van der Waals surface area contributed by atoms with Crippen molar-refractivity contribution in [2.24, 2.45) is 5.73 Å². The first-order valence-corrected chi connectivity index (χ1v) is 6.05. The minimum atomic E-state index is -0.532. The van der Waals surface area contributed by atoms with E-state index in [1.165, 1.54) is 5.56 Å². The van der Waals surface area contributed by atoms with Crippen LogP contribution in [-0.2, 0) is 16.1 Å². The SMILES string of the molecule is Cc1ccc(COC(=O)[C@@H](N)C[SeH])cc1.Cl. The summed E-state index contributed by atoms with van der Waals surface area (Å²) in [6, 6.07) is 7.32. The van der Waals surface area contributed by atoms with E-state index in [2.05, 4.69) is 16.0 Å². The van der Waals surface area contributed by atoms with Gasteiger partial charge in [0, 0.05) is 0 Å². The van der Waals surface area contributed by atoms with Gasteiger partial charge < -0.3 is 0 Å². The number of hydrogen-bond donors (Lipinski definition) is 1. The largest absolute Gasteiger partial charge is 0.147 e. The van der Waals surface area contributed by atoms with E-state index in [1.807, 2.05) is 31.2 Å². The van der Waals surface area contributed by atoms with Gasteiger partial charge in [0.25, 0.3) is 0 Å². The second kappa shape index (κ2) is 7.69. The van der Waals surface area contributed by atoms with E-state index in [0.29, 0.717) is 11.9 Å². The van der Waals surface area contributed by atoms with Crippen LogP contribution in [0.4, 0.5) is 0 Å². The van der Waals surface area contributed by atoms with E-state index in [4.69, 9.17) is 10.5 Å². The Balaban J connectivity index is 0.00000225. The molecule has 1 aromatic rings. The first kappa shape index (κ1) is 15.5. The summed E-state index contributed by atoms with van der Waals surface area (Å²) in [5.74, 6) is -0.351. The van der Waals surface area contributed by atoms with Gasteiger partial charge in [-0.2, -0.15) is 0 Å². The number of benzene rings is 1. The van der Waals surface area contributed by atoms with E-state index in [1.54, 1.807) is 0 Å². The molecule has 0 spiro atoms. The van der Waals surface area contributed by atoms with E-state index in [-0.39, 0.29) is 18.4 Å². The molecule has 0 aromatic heterocycles. The molecular formula is C11H16ClNO2Se. The molecule has 0 fully saturated rings. The number of esters is 1. The number of aryl methyl sites for hydroxylation is 1. The van der Waals surface area contributed by atoms with Crippen LogP contribution in [0.25, 0.3) is 0 Å². The summed E-state index contributed by atoms with van der Waals surface area (Å²) in [6.07, 6.45) is 0. The monoisotopic (exact) mass is 309 g/mol. The maximum absolute atomic E-state index is 11.3. The van der Waals surface area contributed by atoms with Crippen LogP contribution >= 0.6 is 12.4 Å². The Kier molecular flexibility index (Phi) is 7.43. The van der Waals surface area contributed by atoms with E-state index >= 15 is 0 Å². The molecule has 0 bridgehead atoms. The predicted molar refractivity (Wildman–Crippen MR) is 68.2 cm³/mol. The van der Waals surface area contributed by atoms with Crippen molar-refractivity contribution >= 4 is 34.4 Å². The molecule has 0 heterocycles. The fourth-order valence-electron chi connectivity index (χ4n) is 1.02. The quantitative estimate of drug-likeness (QED) is 0.669. The molecule has 0 unspecified atom stereocenters. The minimum absolute atomic E-state index is 0. The molecule has 0 aliphatic carbocycles. The normalized spacial score (nSPS) is 11.4. The van der Waals surface area contributed by atoms with Gasteiger partial charge in [0.1, 0.15) is 0 Å². The smallest absolute Gasteiger partial charge is 0.147 e. The number of halogens is 1. The summed E-state index contributed by atoms with van der Waals surface area (Å²) in [6.45, 7) is 2.31. The number of carbonyl (C=O) groups excluding carboxylic acids is 1. The van der Waals surface area contributed by atoms with Crippen LogP contribution in [0.2, 0.25) is 5.32 Å². The Morgan fingerprint density at radius 1 is 1.44 bits per heavy atom. The van der Waals surface area contributed by atoms with Crippen LogP contribution in [0.15, 0.2) is 24.3 Å². The zero-order valence-electron chi connectivity index (χ0n) is 9.05. The molecule has 1 atom stereocenters. The van der Waals surface area contributed by atoms with Crippen LogP contribution in [0, 0.1) is 6.92 Å². The summed E-state index contributed by atoms with van der Waals surface area (Å²) >= 11 is 2.28. The van der Waals surface area contributed by atoms with Crippen molar-refractivity contribution in [2.45, 2.75) is 24.9 Å². The van der Waals surface area contributed by atoms with Crippen LogP contribution in [-0.4, -0.2) is 28.0 Å². The van der Waals surface area contributed by atoms with Crippen molar-refractivity contribution in [3.8, 4) is 0 Å². The van der Waals surface area contributed by atoms with Gasteiger partial charge >= 0.3 is 97.5 Å². The molecule has 2 N–H and O–H groups in total. The predicted octanol–water partition coefficient (Wildman–Crippen LogP) is 1.11. The second-order valence-corrected chi connectivity index (χ2v) is 4.15. The average molecular weight is 309 g/mol. The first-order chi connectivity index (χ1) is 7.13. The Morgan fingerprint density at radius 3 is 2.50 bits per heavy atom. The molecule has 16 heavy (non-hydrogen) atoms. The van der Waals surface area contributed by atoms with Crippen molar-refractivity contribution in [3.05, 3.63) is 35.4 Å². The average Bonchev–Trinajstić information content (AvgIpc) is 2.26. The summed E-state index contributed by atoms with van der Waals surface area (Å²) in [7, 11) is 0. The molecule has 0 saturated heterocycles. The van der Waals surface area contributed by atoms with Gasteiger partial charge in [0.05, 0.1) is 0 Å². The molecule has 0 saturated carbocycles. The van der Waals surface area contributed by atoms with Gasteiger partial charge in [-0.1, -0.05) is 0 Å².